The van der Waals surface area contributed by atoms with Crippen molar-refractivity contribution >= 4 is 28.0 Å². The molecule has 1 aromatic heterocycles. The summed E-state index contributed by atoms with van der Waals surface area (Å²) in [6, 6.07) is 10.7. The lowest BCUT2D eigenvalue weighted by atomic mass is 9.90. The number of aliphatic carboxylic acids is 1. The molecule has 0 bridgehead atoms. The Kier molecular flexibility index (Phi) is 5.51. The molecular formula is C18H16BrFN2O4. The minimum Gasteiger partial charge on any atom is -0.481 e. The van der Waals surface area contributed by atoms with E-state index in [1.165, 1.54) is 17.2 Å². The Bertz CT molecular complexity index is 818. The highest BCUT2D eigenvalue weighted by atomic mass is 79.9. The molecule has 1 N–H and O–H groups in total. The van der Waals surface area contributed by atoms with Gasteiger partial charge in [0, 0.05) is 35.2 Å². The molecule has 0 spiro atoms. The van der Waals surface area contributed by atoms with E-state index in [4.69, 9.17) is 4.74 Å². The molecule has 8 heteroatoms. The molecule has 26 heavy (non-hydrogen) atoms. The number of benzene rings is 1. The molecule has 136 valence electrons. The van der Waals surface area contributed by atoms with Crippen molar-refractivity contribution in [3.8, 4) is 0 Å². The van der Waals surface area contributed by atoms with Crippen molar-refractivity contribution in [3.63, 3.8) is 0 Å². The second-order valence-electron chi connectivity index (χ2n) is 6.03. The third-order valence-corrected chi connectivity index (χ3v) is 4.77. The molecular weight excluding hydrogens is 407 g/mol. The first-order chi connectivity index (χ1) is 12.5. The average Bonchev–Trinajstić information content (AvgIpc) is 3.08. The van der Waals surface area contributed by atoms with Crippen LogP contribution >= 0.6 is 15.9 Å². The first-order valence-electron chi connectivity index (χ1n) is 7.95. The van der Waals surface area contributed by atoms with E-state index < -0.39 is 29.8 Å². The maximum atomic E-state index is 14.1. The fourth-order valence-corrected chi connectivity index (χ4v) is 3.38. The van der Waals surface area contributed by atoms with E-state index >= 15 is 0 Å². The SMILES string of the molecule is O=C(O)C1CN(C(=O)OCc2ccccc2)CC1c1cc(Br)cnc1F. The van der Waals surface area contributed by atoms with Gasteiger partial charge < -0.3 is 14.7 Å². The van der Waals surface area contributed by atoms with Gasteiger partial charge in [0.2, 0.25) is 5.95 Å². The number of hydrogen-bond acceptors (Lipinski definition) is 4. The Morgan fingerprint density at radius 1 is 1.31 bits per heavy atom. The van der Waals surface area contributed by atoms with Gasteiger partial charge in [-0.15, -0.1) is 0 Å². The molecule has 0 radical (unpaired) electrons. The highest BCUT2D eigenvalue weighted by molar-refractivity contribution is 9.10. The molecule has 1 aliphatic rings. The van der Waals surface area contributed by atoms with Gasteiger partial charge in [-0.3, -0.25) is 4.79 Å². The number of carbonyl (C=O) groups excluding carboxylic acids is 1. The third kappa shape index (κ3) is 4.01. The van der Waals surface area contributed by atoms with Crippen LogP contribution in [0.15, 0.2) is 47.1 Å². The van der Waals surface area contributed by atoms with Crippen LogP contribution in [0.5, 0.6) is 0 Å². The summed E-state index contributed by atoms with van der Waals surface area (Å²) in [4.78, 5) is 28.8. The van der Waals surface area contributed by atoms with E-state index in [1.54, 1.807) is 0 Å². The molecule has 1 amide bonds. The van der Waals surface area contributed by atoms with Gasteiger partial charge in [-0.05, 0) is 27.6 Å². The Balaban J connectivity index is 1.73. The molecule has 1 aliphatic heterocycles. The number of halogens is 2. The number of carboxylic acids is 1. The summed E-state index contributed by atoms with van der Waals surface area (Å²) >= 11 is 3.21. The molecule has 1 fully saturated rings. The number of amides is 1. The van der Waals surface area contributed by atoms with Gasteiger partial charge in [0.15, 0.2) is 0 Å². The highest BCUT2D eigenvalue weighted by Crippen LogP contribution is 2.35. The van der Waals surface area contributed by atoms with Crippen LogP contribution in [0, 0.1) is 11.9 Å². The van der Waals surface area contributed by atoms with E-state index in [0.29, 0.717) is 4.47 Å². The van der Waals surface area contributed by atoms with Gasteiger partial charge >= 0.3 is 12.1 Å². The van der Waals surface area contributed by atoms with Crippen molar-refractivity contribution in [1.82, 2.24) is 9.88 Å². The van der Waals surface area contributed by atoms with Crippen molar-refractivity contribution in [2.24, 2.45) is 5.92 Å². The van der Waals surface area contributed by atoms with Crippen LogP contribution in [-0.2, 0) is 16.1 Å². The van der Waals surface area contributed by atoms with E-state index in [1.807, 2.05) is 30.3 Å². The van der Waals surface area contributed by atoms with Crippen molar-refractivity contribution in [1.29, 1.82) is 0 Å². The molecule has 2 aromatic rings. The lowest BCUT2D eigenvalue weighted by Gasteiger charge is -2.16. The number of carboxylic acid groups (broad SMARTS) is 1. The van der Waals surface area contributed by atoms with Crippen LogP contribution < -0.4 is 0 Å². The van der Waals surface area contributed by atoms with E-state index in [0.717, 1.165) is 5.56 Å². The number of likely N-dealkylation sites (tertiary alicyclic amines) is 1. The smallest absolute Gasteiger partial charge is 0.410 e. The average molecular weight is 423 g/mol. The largest absolute Gasteiger partial charge is 0.481 e. The lowest BCUT2D eigenvalue weighted by Crippen LogP contribution is -2.30. The Labute approximate surface area is 157 Å². The minimum atomic E-state index is -1.09. The van der Waals surface area contributed by atoms with Gasteiger partial charge in [0.25, 0.3) is 0 Å². The molecule has 0 aliphatic carbocycles. The second kappa shape index (κ2) is 7.82. The van der Waals surface area contributed by atoms with Gasteiger partial charge in [-0.2, -0.15) is 4.39 Å². The zero-order valence-electron chi connectivity index (χ0n) is 13.6. The number of carbonyl (C=O) groups is 2. The summed E-state index contributed by atoms with van der Waals surface area (Å²) in [5.74, 6) is -3.44. The molecule has 2 heterocycles. The monoisotopic (exact) mass is 422 g/mol. The second-order valence-corrected chi connectivity index (χ2v) is 6.95. The Morgan fingerprint density at radius 2 is 2.04 bits per heavy atom. The number of nitrogens with zero attached hydrogens (tertiary/aromatic N) is 2. The quantitative estimate of drug-likeness (QED) is 0.763. The first-order valence-corrected chi connectivity index (χ1v) is 8.74. The first kappa shape index (κ1) is 18.3. The number of rotatable bonds is 4. The number of aromatic nitrogens is 1. The predicted molar refractivity (Wildman–Crippen MR) is 94.0 cm³/mol. The summed E-state index contributed by atoms with van der Waals surface area (Å²) in [7, 11) is 0. The van der Waals surface area contributed by atoms with Crippen LogP contribution in [0.1, 0.15) is 17.0 Å². The van der Waals surface area contributed by atoms with E-state index in [2.05, 4.69) is 20.9 Å². The number of ether oxygens (including phenoxy) is 1. The normalized spacial score (nSPS) is 19.4. The summed E-state index contributed by atoms with van der Waals surface area (Å²) in [5, 5.41) is 9.48. The molecule has 2 atom stereocenters. The summed E-state index contributed by atoms with van der Waals surface area (Å²) in [6.07, 6.45) is 0.682. The van der Waals surface area contributed by atoms with E-state index in [-0.39, 0.29) is 25.3 Å². The Morgan fingerprint density at radius 3 is 2.73 bits per heavy atom. The maximum Gasteiger partial charge on any atom is 0.410 e. The van der Waals surface area contributed by atoms with Crippen LogP contribution in [0.3, 0.4) is 0 Å². The van der Waals surface area contributed by atoms with E-state index in [9.17, 15) is 19.1 Å². The molecule has 2 unspecified atom stereocenters. The van der Waals surface area contributed by atoms with Crippen molar-refractivity contribution < 1.29 is 23.8 Å². The number of pyridine rings is 1. The molecule has 3 rings (SSSR count). The van der Waals surface area contributed by atoms with Crippen molar-refractivity contribution in [2.45, 2.75) is 12.5 Å². The van der Waals surface area contributed by atoms with Gasteiger partial charge in [-0.1, -0.05) is 30.3 Å². The Hall–Kier alpha value is -2.48. The highest BCUT2D eigenvalue weighted by Gasteiger charge is 2.42. The van der Waals surface area contributed by atoms with Crippen molar-refractivity contribution in [3.05, 3.63) is 64.1 Å². The fourth-order valence-electron chi connectivity index (χ4n) is 3.03. The molecule has 0 saturated carbocycles. The molecule has 1 saturated heterocycles. The standard InChI is InChI=1S/C18H16BrFN2O4/c19-12-6-13(16(20)21-7-12)14-8-22(9-15(14)17(23)24)18(25)26-10-11-4-2-1-3-5-11/h1-7,14-15H,8-10H2,(H,23,24). The fraction of sp³-hybridized carbons (Fsp3) is 0.278. The molecule has 1 aromatic carbocycles. The maximum absolute atomic E-state index is 14.1. The predicted octanol–water partition coefficient (Wildman–Crippen LogP) is 3.42. The minimum absolute atomic E-state index is 0.0421. The van der Waals surface area contributed by atoms with Crippen LogP contribution in [0.2, 0.25) is 0 Å². The van der Waals surface area contributed by atoms with Gasteiger partial charge in [0.1, 0.15) is 6.61 Å². The number of hydrogen-bond donors (Lipinski definition) is 1. The topological polar surface area (TPSA) is 79.7 Å². The van der Waals surface area contributed by atoms with Gasteiger partial charge in [0.05, 0.1) is 5.92 Å². The summed E-state index contributed by atoms with van der Waals surface area (Å²) in [6.45, 7) is 0.102. The van der Waals surface area contributed by atoms with Crippen LogP contribution in [0.4, 0.5) is 9.18 Å². The zero-order valence-corrected chi connectivity index (χ0v) is 15.2. The van der Waals surface area contributed by atoms with Crippen LogP contribution in [0.25, 0.3) is 0 Å². The lowest BCUT2D eigenvalue weighted by molar-refractivity contribution is -0.141. The summed E-state index contributed by atoms with van der Waals surface area (Å²) in [5.41, 5.74) is 0.999. The third-order valence-electron chi connectivity index (χ3n) is 4.33. The zero-order chi connectivity index (χ0) is 18.7. The molecule has 6 nitrogen and oxygen atoms in total. The van der Waals surface area contributed by atoms with Crippen molar-refractivity contribution in [2.75, 3.05) is 13.1 Å². The van der Waals surface area contributed by atoms with Crippen LogP contribution in [-0.4, -0.2) is 40.1 Å². The summed E-state index contributed by atoms with van der Waals surface area (Å²) < 4.78 is 19.9. The van der Waals surface area contributed by atoms with Gasteiger partial charge in [-0.25, -0.2) is 9.78 Å².